The van der Waals surface area contributed by atoms with Crippen molar-refractivity contribution in [1.82, 2.24) is 5.06 Å². The molecule has 1 aliphatic heterocycles. The van der Waals surface area contributed by atoms with Gasteiger partial charge in [0.05, 0.1) is 5.92 Å². The van der Waals surface area contributed by atoms with Crippen molar-refractivity contribution in [2.75, 3.05) is 0 Å². The van der Waals surface area contributed by atoms with Crippen molar-refractivity contribution < 1.29 is 24.0 Å². The summed E-state index contributed by atoms with van der Waals surface area (Å²) in [6.45, 7) is 1.60. The van der Waals surface area contributed by atoms with E-state index in [9.17, 15) is 19.2 Å². The number of carbonyl (C=O) groups is 4. The van der Waals surface area contributed by atoms with Crippen LogP contribution in [-0.4, -0.2) is 28.6 Å². The van der Waals surface area contributed by atoms with Crippen LogP contribution in [0.2, 0.25) is 0 Å². The minimum absolute atomic E-state index is 0.0432. The average Bonchev–Trinajstić information content (AvgIpc) is 2.99. The normalized spacial score (nSPS) is 15.0. The number of hydroxylamine groups is 2. The number of ketones is 1. The first-order valence-corrected chi connectivity index (χ1v) is 8.24. The van der Waals surface area contributed by atoms with Crippen LogP contribution in [-0.2, 0) is 19.2 Å². The van der Waals surface area contributed by atoms with Gasteiger partial charge in [0, 0.05) is 24.0 Å². The van der Waals surface area contributed by atoms with Gasteiger partial charge in [0.2, 0.25) is 0 Å². The van der Waals surface area contributed by atoms with E-state index in [4.69, 9.17) is 4.84 Å². The Morgan fingerprint density at radius 2 is 1.54 bits per heavy atom. The van der Waals surface area contributed by atoms with Gasteiger partial charge in [-0.05, 0) is 18.6 Å². The highest BCUT2D eigenvalue weighted by molar-refractivity contribution is 6.09. The van der Waals surface area contributed by atoms with E-state index in [2.05, 4.69) is 0 Å². The van der Waals surface area contributed by atoms with Gasteiger partial charge in [-0.25, -0.2) is 4.79 Å². The monoisotopic (exact) mass is 351 g/mol. The summed E-state index contributed by atoms with van der Waals surface area (Å²) in [6, 6.07) is 15.5. The SMILES string of the molecule is C[C@H](C(=O)ON1C(=O)CCC1=O)c1cccc(C(=O)c2ccccc2)c1. The van der Waals surface area contributed by atoms with Crippen LogP contribution in [0.3, 0.4) is 0 Å². The molecule has 0 radical (unpaired) electrons. The second kappa shape index (κ2) is 7.31. The summed E-state index contributed by atoms with van der Waals surface area (Å²) in [5.41, 5.74) is 1.56. The van der Waals surface area contributed by atoms with Crippen LogP contribution in [0.1, 0.15) is 47.2 Å². The molecule has 1 heterocycles. The Balaban J connectivity index is 1.77. The fourth-order valence-electron chi connectivity index (χ4n) is 2.67. The Kier molecular flexibility index (Phi) is 4.93. The van der Waals surface area contributed by atoms with Gasteiger partial charge in [0.15, 0.2) is 5.78 Å². The molecule has 6 heteroatoms. The van der Waals surface area contributed by atoms with Crippen LogP contribution in [0, 0.1) is 0 Å². The number of hydrogen-bond donors (Lipinski definition) is 0. The zero-order valence-electron chi connectivity index (χ0n) is 14.2. The summed E-state index contributed by atoms with van der Waals surface area (Å²) in [7, 11) is 0. The quantitative estimate of drug-likeness (QED) is 0.611. The van der Waals surface area contributed by atoms with Gasteiger partial charge in [0.25, 0.3) is 11.8 Å². The van der Waals surface area contributed by atoms with E-state index in [1.54, 1.807) is 55.5 Å². The maximum absolute atomic E-state index is 12.5. The van der Waals surface area contributed by atoms with E-state index in [0.717, 1.165) is 0 Å². The maximum atomic E-state index is 12.5. The Morgan fingerprint density at radius 1 is 0.923 bits per heavy atom. The van der Waals surface area contributed by atoms with Gasteiger partial charge in [0.1, 0.15) is 0 Å². The highest BCUT2D eigenvalue weighted by Crippen LogP contribution is 2.22. The van der Waals surface area contributed by atoms with Crippen molar-refractivity contribution in [1.29, 1.82) is 0 Å². The minimum atomic E-state index is -0.736. The molecule has 1 saturated heterocycles. The van der Waals surface area contributed by atoms with E-state index >= 15 is 0 Å². The molecule has 0 aliphatic carbocycles. The largest absolute Gasteiger partial charge is 0.340 e. The molecule has 1 fully saturated rings. The number of carbonyl (C=O) groups excluding carboxylic acids is 4. The van der Waals surface area contributed by atoms with Gasteiger partial charge in [-0.1, -0.05) is 48.5 Å². The number of imide groups is 1. The fraction of sp³-hybridized carbons (Fsp3) is 0.200. The predicted molar refractivity (Wildman–Crippen MR) is 91.9 cm³/mol. The number of nitrogens with zero attached hydrogens (tertiary/aromatic N) is 1. The summed E-state index contributed by atoms with van der Waals surface area (Å²) in [5, 5.41) is 0.526. The number of amides is 2. The Morgan fingerprint density at radius 3 is 2.19 bits per heavy atom. The Hall–Kier alpha value is -3.28. The van der Waals surface area contributed by atoms with Crippen molar-refractivity contribution in [3.05, 3.63) is 71.3 Å². The molecular weight excluding hydrogens is 334 g/mol. The van der Waals surface area contributed by atoms with E-state index in [0.29, 0.717) is 21.8 Å². The average molecular weight is 351 g/mol. The summed E-state index contributed by atoms with van der Waals surface area (Å²) in [5.74, 6) is -2.66. The lowest BCUT2D eigenvalue weighted by molar-refractivity contribution is -0.198. The van der Waals surface area contributed by atoms with Gasteiger partial charge >= 0.3 is 5.97 Å². The predicted octanol–water partition coefficient (Wildman–Crippen LogP) is 2.63. The second-order valence-electron chi connectivity index (χ2n) is 6.03. The summed E-state index contributed by atoms with van der Waals surface area (Å²) in [4.78, 5) is 52.9. The van der Waals surface area contributed by atoms with Crippen molar-refractivity contribution in [2.45, 2.75) is 25.7 Å². The van der Waals surface area contributed by atoms with Crippen molar-refractivity contribution in [2.24, 2.45) is 0 Å². The summed E-state index contributed by atoms with van der Waals surface area (Å²) >= 11 is 0. The molecule has 2 amide bonds. The Labute approximate surface area is 150 Å². The molecule has 2 aromatic carbocycles. The highest BCUT2D eigenvalue weighted by Gasteiger charge is 2.34. The molecule has 2 aromatic rings. The van der Waals surface area contributed by atoms with E-state index in [-0.39, 0.29) is 18.6 Å². The molecule has 0 bridgehead atoms. The first-order valence-electron chi connectivity index (χ1n) is 8.24. The molecule has 26 heavy (non-hydrogen) atoms. The van der Waals surface area contributed by atoms with Gasteiger partial charge < -0.3 is 4.84 Å². The smallest absolute Gasteiger partial charge is 0.330 e. The molecule has 0 saturated carbocycles. The van der Waals surface area contributed by atoms with E-state index in [1.807, 2.05) is 6.07 Å². The van der Waals surface area contributed by atoms with Crippen LogP contribution in [0.25, 0.3) is 0 Å². The zero-order valence-corrected chi connectivity index (χ0v) is 14.2. The first kappa shape index (κ1) is 17.5. The molecule has 0 spiro atoms. The number of rotatable bonds is 5. The zero-order chi connectivity index (χ0) is 18.7. The number of benzene rings is 2. The van der Waals surface area contributed by atoms with Gasteiger partial charge in [-0.15, -0.1) is 5.06 Å². The van der Waals surface area contributed by atoms with E-state index < -0.39 is 23.7 Å². The standard InChI is InChI=1S/C20H17NO5/c1-13(20(25)26-21-17(22)10-11-18(21)23)15-8-5-9-16(12-15)19(24)14-6-3-2-4-7-14/h2-9,12-13H,10-11H2,1H3/t13-/m0/s1. The molecule has 132 valence electrons. The fourth-order valence-corrected chi connectivity index (χ4v) is 2.67. The van der Waals surface area contributed by atoms with Crippen LogP contribution in [0.5, 0.6) is 0 Å². The van der Waals surface area contributed by atoms with Crippen LogP contribution in [0.4, 0.5) is 0 Å². The lowest BCUT2D eigenvalue weighted by atomic mass is 9.96. The summed E-state index contributed by atoms with van der Waals surface area (Å²) in [6.07, 6.45) is 0.0864. The molecule has 0 unspecified atom stereocenters. The third-order valence-electron chi connectivity index (χ3n) is 4.23. The van der Waals surface area contributed by atoms with Crippen LogP contribution < -0.4 is 0 Å². The van der Waals surface area contributed by atoms with Crippen LogP contribution in [0.15, 0.2) is 54.6 Å². The second-order valence-corrected chi connectivity index (χ2v) is 6.03. The van der Waals surface area contributed by atoms with Gasteiger partial charge in [-0.2, -0.15) is 0 Å². The van der Waals surface area contributed by atoms with Gasteiger partial charge in [-0.3, -0.25) is 14.4 Å². The van der Waals surface area contributed by atoms with E-state index in [1.165, 1.54) is 0 Å². The highest BCUT2D eigenvalue weighted by atomic mass is 16.7. The molecule has 0 aromatic heterocycles. The molecule has 1 aliphatic rings. The number of hydrogen-bond acceptors (Lipinski definition) is 5. The molecular formula is C20H17NO5. The summed E-state index contributed by atoms with van der Waals surface area (Å²) < 4.78 is 0. The maximum Gasteiger partial charge on any atom is 0.340 e. The first-order chi connectivity index (χ1) is 12.5. The minimum Gasteiger partial charge on any atom is -0.330 e. The van der Waals surface area contributed by atoms with Crippen molar-refractivity contribution >= 4 is 23.6 Å². The van der Waals surface area contributed by atoms with Crippen molar-refractivity contribution in [3.63, 3.8) is 0 Å². The van der Waals surface area contributed by atoms with Crippen molar-refractivity contribution in [3.8, 4) is 0 Å². The molecule has 6 nitrogen and oxygen atoms in total. The lowest BCUT2D eigenvalue weighted by Crippen LogP contribution is -2.33. The molecule has 0 N–H and O–H groups in total. The lowest BCUT2D eigenvalue weighted by Gasteiger charge is -2.17. The third-order valence-corrected chi connectivity index (χ3v) is 4.23. The molecule has 1 atom stereocenters. The topological polar surface area (TPSA) is 80.8 Å². The third kappa shape index (κ3) is 3.54. The molecule has 3 rings (SSSR count). The Bertz CT molecular complexity index is 859. The van der Waals surface area contributed by atoms with Crippen LogP contribution >= 0.6 is 0 Å².